The number of aromatic nitrogens is 3. The summed E-state index contributed by atoms with van der Waals surface area (Å²) < 4.78 is 38.1. The van der Waals surface area contributed by atoms with Gasteiger partial charge in [-0.15, -0.1) is 0 Å². The van der Waals surface area contributed by atoms with E-state index in [2.05, 4.69) is 25.6 Å². The molecule has 6 nitrogen and oxygen atoms in total. The van der Waals surface area contributed by atoms with E-state index >= 15 is 0 Å². The number of pyridine rings is 1. The average molecular weight is 450 g/mol. The number of rotatable bonds is 8. The molecule has 0 amide bonds. The number of nitrogens with zero attached hydrogens (tertiary/aromatic N) is 3. The Morgan fingerprint density at radius 3 is 2.45 bits per heavy atom. The lowest BCUT2D eigenvalue weighted by molar-refractivity contribution is -0.0328. The number of anilines is 3. The molecule has 31 heavy (non-hydrogen) atoms. The second kappa shape index (κ2) is 9.97. The third kappa shape index (κ3) is 6.83. The summed E-state index contributed by atoms with van der Waals surface area (Å²) in [6, 6.07) is 11.0. The summed E-state index contributed by atoms with van der Waals surface area (Å²) in [5, 5.41) is 15.8. The second-order valence-corrected chi connectivity index (χ2v) is 8.21. The first-order valence-electron chi connectivity index (χ1n) is 9.53. The number of aliphatic hydroxyl groups excluding tert-OH is 1. The lowest BCUT2D eigenvalue weighted by atomic mass is 10.1. The number of hydrogen-bond donors (Lipinski definition) is 3. The van der Waals surface area contributed by atoms with Gasteiger partial charge in [0.15, 0.2) is 0 Å². The van der Waals surface area contributed by atoms with Crippen LogP contribution in [0.2, 0.25) is 0 Å². The van der Waals surface area contributed by atoms with E-state index in [-0.39, 0.29) is 35.2 Å². The molecule has 0 unspecified atom stereocenters. The Morgan fingerprint density at radius 2 is 1.81 bits per heavy atom. The molecule has 0 radical (unpaired) electrons. The van der Waals surface area contributed by atoms with E-state index in [1.54, 1.807) is 42.7 Å². The molecule has 0 bridgehead atoms. The van der Waals surface area contributed by atoms with Crippen LogP contribution in [0.5, 0.6) is 0 Å². The molecule has 1 aromatic carbocycles. The molecule has 10 heteroatoms. The van der Waals surface area contributed by atoms with Gasteiger partial charge in [-0.3, -0.25) is 4.98 Å². The zero-order valence-electron chi connectivity index (χ0n) is 16.9. The fourth-order valence-corrected chi connectivity index (χ4v) is 3.35. The number of benzene rings is 1. The molecule has 0 aliphatic heterocycles. The zero-order valence-corrected chi connectivity index (χ0v) is 17.7. The van der Waals surface area contributed by atoms with Crippen molar-refractivity contribution in [3.8, 4) is 11.3 Å². The highest BCUT2D eigenvalue weighted by Crippen LogP contribution is 2.38. The Bertz CT molecular complexity index is 1000. The molecule has 164 valence electrons. The summed E-state index contributed by atoms with van der Waals surface area (Å²) in [7, 11) is 0. The van der Waals surface area contributed by atoms with Crippen molar-refractivity contribution >= 4 is 29.2 Å². The predicted molar refractivity (Wildman–Crippen MR) is 116 cm³/mol. The third-order valence-electron chi connectivity index (χ3n) is 4.36. The molecule has 3 rings (SSSR count). The first-order valence-corrected chi connectivity index (χ1v) is 10.3. The van der Waals surface area contributed by atoms with E-state index in [9.17, 15) is 18.3 Å². The molecule has 0 spiro atoms. The highest BCUT2D eigenvalue weighted by atomic mass is 32.2. The molecular weight excluding hydrogens is 427 g/mol. The van der Waals surface area contributed by atoms with E-state index < -0.39 is 5.51 Å². The predicted octanol–water partition coefficient (Wildman–Crippen LogP) is 5.32. The Hall–Kier alpha value is -2.85. The molecule has 0 aliphatic rings. The van der Waals surface area contributed by atoms with Gasteiger partial charge in [-0.05, 0) is 48.0 Å². The fraction of sp³-hybridized carbons (Fsp3) is 0.286. The summed E-state index contributed by atoms with van der Waals surface area (Å²) in [5.41, 5.74) is -2.50. The first-order chi connectivity index (χ1) is 14.7. The van der Waals surface area contributed by atoms with Gasteiger partial charge in [0.25, 0.3) is 0 Å². The number of hydrogen-bond acceptors (Lipinski definition) is 7. The molecule has 1 atom stereocenters. The van der Waals surface area contributed by atoms with Crippen molar-refractivity contribution in [2.24, 2.45) is 5.92 Å². The van der Waals surface area contributed by atoms with E-state index in [0.717, 1.165) is 5.56 Å². The van der Waals surface area contributed by atoms with E-state index in [1.807, 2.05) is 13.8 Å². The zero-order chi connectivity index (χ0) is 22.4. The van der Waals surface area contributed by atoms with Crippen LogP contribution in [0.1, 0.15) is 13.8 Å². The van der Waals surface area contributed by atoms with Gasteiger partial charge in [0, 0.05) is 34.6 Å². The van der Waals surface area contributed by atoms with Gasteiger partial charge >= 0.3 is 5.51 Å². The Morgan fingerprint density at radius 1 is 1.06 bits per heavy atom. The minimum absolute atomic E-state index is 0.0689. The quantitative estimate of drug-likeness (QED) is 0.401. The SMILES string of the molecule is CC(C)[C@H](CO)Nc1nc(Nc2cccc(SC(F)(F)F)c2)cc(-c2ccncc2)n1. The van der Waals surface area contributed by atoms with Crippen LogP contribution in [0, 0.1) is 5.92 Å². The third-order valence-corrected chi connectivity index (χ3v) is 5.08. The summed E-state index contributed by atoms with van der Waals surface area (Å²) in [4.78, 5) is 13.0. The molecule has 2 heterocycles. The van der Waals surface area contributed by atoms with E-state index in [4.69, 9.17) is 0 Å². The average Bonchev–Trinajstić information content (AvgIpc) is 2.71. The molecular formula is C21H22F3N5OS. The van der Waals surface area contributed by atoms with Gasteiger partial charge in [-0.25, -0.2) is 4.98 Å². The molecule has 0 fully saturated rings. The summed E-state index contributed by atoms with van der Waals surface area (Å²) >= 11 is -0.177. The summed E-state index contributed by atoms with van der Waals surface area (Å²) in [6.45, 7) is 3.83. The van der Waals surface area contributed by atoms with Crippen molar-refractivity contribution in [3.05, 3.63) is 54.9 Å². The maximum atomic E-state index is 12.7. The van der Waals surface area contributed by atoms with Gasteiger partial charge in [-0.2, -0.15) is 18.2 Å². The van der Waals surface area contributed by atoms with Crippen LogP contribution in [0.15, 0.2) is 59.8 Å². The van der Waals surface area contributed by atoms with Crippen LogP contribution < -0.4 is 10.6 Å². The number of alkyl halides is 3. The molecule has 3 aromatic rings. The van der Waals surface area contributed by atoms with Crippen LogP contribution >= 0.6 is 11.8 Å². The van der Waals surface area contributed by atoms with E-state index in [0.29, 0.717) is 23.1 Å². The first kappa shape index (κ1) is 22.8. The van der Waals surface area contributed by atoms with Crippen molar-refractivity contribution in [3.63, 3.8) is 0 Å². The maximum Gasteiger partial charge on any atom is 0.446 e. The Labute approximate surface area is 182 Å². The van der Waals surface area contributed by atoms with Gasteiger partial charge < -0.3 is 15.7 Å². The fourth-order valence-electron chi connectivity index (χ4n) is 2.75. The Balaban J connectivity index is 1.93. The van der Waals surface area contributed by atoms with Gasteiger partial charge in [0.05, 0.1) is 18.3 Å². The summed E-state index contributed by atoms with van der Waals surface area (Å²) in [6.07, 6.45) is 3.28. The number of aliphatic hydroxyl groups is 1. The molecule has 0 saturated heterocycles. The number of thioether (sulfide) groups is 1. The highest BCUT2D eigenvalue weighted by molar-refractivity contribution is 8.00. The molecule has 0 saturated carbocycles. The molecule has 0 aliphatic carbocycles. The standard InChI is InChI=1S/C21H22F3N5OS/c1-13(2)18(12-30)28-20-27-17(14-6-8-25-9-7-14)11-19(29-20)26-15-4-3-5-16(10-15)31-21(22,23)24/h3-11,13,18,30H,12H2,1-2H3,(H2,26,27,28,29)/t18-/m0/s1. The normalized spacial score (nSPS) is 12.6. The van der Waals surface area contributed by atoms with Gasteiger partial charge in [0.2, 0.25) is 5.95 Å². The van der Waals surface area contributed by atoms with Gasteiger partial charge in [0.1, 0.15) is 5.82 Å². The van der Waals surface area contributed by atoms with E-state index in [1.165, 1.54) is 12.1 Å². The monoisotopic (exact) mass is 449 g/mol. The lowest BCUT2D eigenvalue weighted by Gasteiger charge is -2.20. The topological polar surface area (TPSA) is 83.0 Å². The van der Waals surface area contributed by atoms with Crippen molar-refractivity contribution in [2.75, 3.05) is 17.2 Å². The largest absolute Gasteiger partial charge is 0.446 e. The lowest BCUT2D eigenvalue weighted by Crippen LogP contribution is -2.30. The van der Waals surface area contributed by atoms with Crippen molar-refractivity contribution in [1.29, 1.82) is 0 Å². The van der Waals surface area contributed by atoms with Crippen molar-refractivity contribution in [1.82, 2.24) is 15.0 Å². The second-order valence-electron chi connectivity index (χ2n) is 7.08. The number of nitrogens with one attached hydrogen (secondary N) is 2. The Kier molecular flexibility index (Phi) is 7.34. The maximum absolute atomic E-state index is 12.7. The minimum Gasteiger partial charge on any atom is -0.394 e. The molecule has 3 N–H and O–H groups in total. The van der Waals surface area contributed by atoms with Crippen LogP contribution in [-0.2, 0) is 0 Å². The van der Waals surface area contributed by atoms with Crippen LogP contribution in [0.3, 0.4) is 0 Å². The minimum atomic E-state index is -4.37. The van der Waals surface area contributed by atoms with Crippen LogP contribution in [-0.4, -0.2) is 38.2 Å². The van der Waals surface area contributed by atoms with Crippen molar-refractivity contribution in [2.45, 2.75) is 30.3 Å². The smallest absolute Gasteiger partial charge is 0.394 e. The summed E-state index contributed by atoms with van der Waals surface area (Å²) in [5.74, 6) is 0.829. The highest BCUT2D eigenvalue weighted by Gasteiger charge is 2.29. The molecule has 2 aromatic heterocycles. The van der Waals surface area contributed by atoms with Crippen molar-refractivity contribution < 1.29 is 18.3 Å². The van der Waals surface area contributed by atoms with Crippen LogP contribution in [0.4, 0.5) is 30.6 Å². The van der Waals surface area contributed by atoms with Gasteiger partial charge in [-0.1, -0.05) is 19.9 Å². The number of halogens is 3. The van der Waals surface area contributed by atoms with Crippen LogP contribution in [0.25, 0.3) is 11.3 Å².